The van der Waals surface area contributed by atoms with Crippen molar-refractivity contribution in [1.82, 2.24) is 9.80 Å². The summed E-state index contributed by atoms with van der Waals surface area (Å²) in [6.45, 7) is 2.08. The first-order valence-corrected chi connectivity index (χ1v) is 7.82. The fourth-order valence-electron chi connectivity index (χ4n) is 3.00. The predicted molar refractivity (Wildman–Crippen MR) is 78.1 cm³/mol. The van der Waals surface area contributed by atoms with Crippen molar-refractivity contribution in [2.24, 2.45) is 11.8 Å². The fourth-order valence-corrected chi connectivity index (χ4v) is 3.00. The van der Waals surface area contributed by atoms with Gasteiger partial charge in [-0.2, -0.15) is 0 Å². The van der Waals surface area contributed by atoms with Crippen LogP contribution < -0.4 is 0 Å². The second kappa shape index (κ2) is 7.58. The van der Waals surface area contributed by atoms with E-state index in [-0.39, 0.29) is 30.2 Å². The van der Waals surface area contributed by atoms with Crippen LogP contribution in [0, 0.1) is 11.8 Å². The van der Waals surface area contributed by atoms with E-state index in [0.717, 1.165) is 12.8 Å². The Labute approximate surface area is 130 Å². The molecule has 2 saturated heterocycles. The lowest BCUT2D eigenvalue weighted by Gasteiger charge is -2.32. The minimum atomic E-state index is -0.795. The smallest absolute Gasteiger partial charge is 0.306 e. The molecule has 0 spiro atoms. The number of carbonyl (C=O) groups excluding carboxylic acids is 2. The van der Waals surface area contributed by atoms with Crippen molar-refractivity contribution in [2.75, 3.05) is 39.9 Å². The number of carbonyl (C=O) groups is 3. The molecular formula is C15H24N2O5. The summed E-state index contributed by atoms with van der Waals surface area (Å²) in [5.74, 6) is -1.46. The number of aliphatic carboxylic acids is 1. The summed E-state index contributed by atoms with van der Waals surface area (Å²) in [5.41, 5.74) is 0. The average molecular weight is 312 g/mol. The van der Waals surface area contributed by atoms with Gasteiger partial charge in [-0.25, -0.2) is 0 Å². The Bertz CT molecular complexity index is 426. The second-order valence-electron chi connectivity index (χ2n) is 6.10. The van der Waals surface area contributed by atoms with Gasteiger partial charge in [-0.05, 0) is 25.7 Å². The van der Waals surface area contributed by atoms with Gasteiger partial charge in [0.25, 0.3) is 0 Å². The summed E-state index contributed by atoms with van der Waals surface area (Å²) in [7, 11) is 1.64. The van der Waals surface area contributed by atoms with Gasteiger partial charge in [-0.15, -0.1) is 0 Å². The van der Waals surface area contributed by atoms with E-state index >= 15 is 0 Å². The highest BCUT2D eigenvalue weighted by molar-refractivity contribution is 5.86. The Balaban J connectivity index is 1.78. The molecule has 124 valence electrons. The molecule has 1 N–H and O–H groups in total. The van der Waals surface area contributed by atoms with Gasteiger partial charge < -0.3 is 19.6 Å². The molecule has 2 heterocycles. The number of hydrogen-bond acceptors (Lipinski definition) is 4. The first-order chi connectivity index (χ1) is 10.5. The van der Waals surface area contributed by atoms with E-state index in [1.807, 2.05) is 0 Å². The van der Waals surface area contributed by atoms with Crippen LogP contribution in [0.25, 0.3) is 0 Å². The van der Waals surface area contributed by atoms with Crippen LogP contribution in [-0.2, 0) is 19.1 Å². The maximum absolute atomic E-state index is 12.3. The summed E-state index contributed by atoms with van der Waals surface area (Å²) in [6.07, 6.45) is 2.65. The molecule has 1 atom stereocenters. The third kappa shape index (κ3) is 4.19. The van der Waals surface area contributed by atoms with Crippen molar-refractivity contribution in [3.8, 4) is 0 Å². The standard InChI is InChI=1S/C15H24N2O5/c1-16(14(19)12-3-2-8-22-10-12)9-13(18)17-6-4-11(5-7-17)15(20)21/h11-12H,2-10H2,1H3,(H,20,21)/t12-/m0/s1. The van der Waals surface area contributed by atoms with Crippen molar-refractivity contribution >= 4 is 17.8 Å². The highest BCUT2D eigenvalue weighted by Crippen LogP contribution is 2.18. The van der Waals surface area contributed by atoms with E-state index in [1.165, 1.54) is 4.90 Å². The molecular weight excluding hydrogens is 288 g/mol. The molecule has 7 nitrogen and oxygen atoms in total. The average Bonchev–Trinajstić information content (AvgIpc) is 2.54. The Morgan fingerprint density at radius 1 is 1.18 bits per heavy atom. The van der Waals surface area contributed by atoms with E-state index in [9.17, 15) is 14.4 Å². The number of carboxylic acid groups (broad SMARTS) is 1. The Morgan fingerprint density at radius 2 is 1.86 bits per heavy atom. The molecule has 0 radical (unpaired) electrons. The lowest BCUT2D eigenvalue weighted by atomic mass is 9.97. The Hall–Kier alpha value is -1.63. The van der Waals surface area contributed by atoms with E-state index in [2.05, 4.69) is 0 Å². The summed E-state index contributed by atoms with van der Waals surface area (Å²) in [4.78, 5) is 38.5. The first kappa shape index (κ1) is 16.7. The van der Waals surface area contributed by atoms with Crippen LogP contribution in [0.1, 0.15) is 25.7 Å². The lowest BCUT2D eigenvalue weighted by Crippen LogP contribution is -2.47. The maximum atomic E-state index is 12.3. The molecule has 2 aliphatic heterocycles. The summed E-state index contributed by atoms with van der Waals surface area (Å²) in [6, 6.07) is 0. The number of amides is 2. The van der Waals surface area contributed by atoms with Gasteiger partial charge in [-0.1, -0.05) is 0 Å². The molecule has 0 aromatic rings. The van der Waals surface area contributed by atoms with Crippen LogP contribution in [0.3, 0.4) is 0 Å². The number of carboxylic acids is 1. The molecule has 2 aliphatic rings. The molecule has 0 aromatic heterocycles. The van der Waals surface area contributed by atoms with Crippen LogP contribution >= 0.6 is 0 Å². The zero-order chi connectivity index (χ0) is 16.1. The molecule has 0 aromatic carbocycles. The lowest BCUT2D eigenvalue weighted by molar-refractivity contribution is -0.147. The topological polar surface area (TPSA) is 87.2 Å². The van der Waals surface area contributed by atoms with Gasteiger partial charge in [0.1, 0.15) is 0 Å². The molecule has 22 heavy (non-hydrogen) atoms. The van der Waals surface area contributed by atoms with E-state index < -0.39 is 5.97 Å². The molecule has 2 rings (SSSR count). The Kier molecular flexibility index (Phi) is 5.76. The quantitative estimate of drug-likeness (QED) is 0.801. The minimum absolute atomic E-state index is 0.0477. The van der Waals surface area contributed by atoms with Crippen LogP contribution in [-0.4, -0.2) is 72.6 Å². The number of hydrogen-bond donors (Lipinski definition) is 1. The van der Waals surface area contributed by atoms with Crippen molar-refractivity contribution in [2.45, 2.75) is 25.7 Å². The molecule has 0 aliphatic carbocycles. The zero-order valence-corrected chi connectivity index (χ0v) is 13.0. The molecule has 2 fully saturated rings. The van der Waals surface area contributed by atoms with Gasteiger partial charge >= 0.3 is 5.97 Å². The van der Waals surface area contributed by atoms with E-state index in [1.54, 1.807) is 11.9 Å². The van der Waals surface area contributed by atoms with Gasteiger partial charge in [-0.3, -0.25) is 14.4 Å². The normalized spacial score (nSPS) is 23.1. The predicted octanol–water partition coefficient (Wildman–Crippen LogP) is 0.195. The molecule has 0 bridgehead atoms. The highest BCUT2D eigenvalue weighted by atomic mass is 16.5. The largest absolute Gasteiger partial charge is 0.481 e. The number of nitrogens with zero attached hydrogens (tertiary/aromatic N) is 2. The number of likely N-dealkylation sites (N-methyl/N-ethyl adjacent to an activating group) is 1. The van der Waals surface area contributed by atoms with Crippen molar-refractivity contribution in [3.63, 3.8) is 0 Å². The molecule has 7 heteroatoms. The third-order valence-electron chi connectivity index (χ3n) is 4.46. The number of ether oxygens (including phenoxy) is 1. The maximum Gasteiger partial charge on any atom is 0.306 e. The minimum Gasteiger partial charge on any atom is -0.481 e. The van der Waals surface area contributed by atoms with Gasteiger partial charge in [0.05, 0.1) is 25.0 Å². The number of piperidine rings is 1. The van der Waals surface area contributed by atoms with Crippen LogP contribution in [0.15, 0.2) is 0 Å². The Morgan fingerprint density at radius 3 is 2.41 bits per heavy atom. The summed E-state index contributed by atoms with van der Waals surface area (Å²) < 4.78 is 5.31. The number of likely N-dealkylation sites (tertiary alicyclic amines) is 1. The van der Waals surface area contributed by atoms with Gasteiger partial charge in [0.2, 0.25) is 11.8 Å². The molecule has 2 amide bonds. The third-order valence-corrected chi connectivity index (χ3v) is 4.46. The fraction of sp³-hybridized carbons (Fsp3) is 0.800. The van der Waals surface area contributed by atoms with Crippen molar-refractivity contribution < 1.29 is 24.2 Å². The van der Waals surface area contributed by atoms with Gasteiger partial charge in [0.15, 0.2) is 0 Å². The molecule has 0 saturated carbocycles. The van der Waals surface area contributed by atoms with E-state index in [4.69, 9.17) is 9.84 Å². The summed E-state index contributed by atoms with van der Waals surface area (Å²) >= 11 is 0. The zero-order valence-electron chi connectivity index (χ0n) is 13.0. The van der Waals surface area contributed by atoms with Gasteiger partial charge in [0, 0.05) is 26.7 Å². The highest BCUT2D eigenvalue weighted by Gasteiger charge is 2.30. The monoisotopic (exact) mass is 312 g/mol. The summed E-state index contributed by atoms with van der Waals surface area (Å²) in [5, 5.41) is 8.96. The number of rotatable bonds is 4. The SMILES string of the molecule is CN(CC(=O)N1CCC(C(=O)O)CC1)C(=O)[C@H]1CCCOC1. The van der Waals surface area contributed by atoms with Crippen molar-refractivity contribution in [3.05, 3.63) is 0 Å². The van der Waals surface area contributed by atoms with Crippen LogP contribution in [0.4, 0.5) is 0 Å². The second-order valence-corrected chi connectivity index (χ2v) is 6.10. The first-order valence-electron chi connectivity index (χ1n) is 7.82. The molecule has 0 unspecified atom stereocenters. The van der Waals surface area contributed by atoms with Crippen molar-refractivity contribution in [1.29, 1.82) is 0 Å². The van der Waals surface area contributed by atoms with Crippen LogP contribution in [0.5, 0.6) is 0 Å². The van der Waals surface area contributed by atoms with Crippen LogP contribution in [0.2, 0.25) is 0 Å². The van der Waals surface area contributed by atoms with E-state index in [0.29, 0.717) is 39.1 Å².